The summed E-state index contributed by atoms with van der Waals surface area (Å²) < 4.78 is 0. The highest BCUT2D eigenvalue weighted by Gasteiger charge is 1.91. The van der Waals surface area contributed by atoms with E-state index in [1.807, 2.05) is 0 Å². The first-order valence-electron chi connectivity index (χ1n) is 3.84. The largest absolute Gasteiger partial charge is 0.317 e. The van der Waals surface area contributed by atoms with Gasteiger partial charge in [0.15, 0.2) is 0 Å². The van der Waals surface area contributed by atoms with Gasteiger partial charge in [0.1, 0.15) is 0 Å². The van der Waals surface area contributed by atoms with Crippen molar-refractivity contribution in [3.8, 4) is 6.57 Å². The van der Waals surface area contributed by atoms with Crippen molar-refractivity contribution in [1.82, 2.24) is 0 Å². The van der Waals surface area contributed by atoms with Crippen LogP contribution in [-0.2, 0) is 0 Å². The van der Waals surface area contributed by atoms with E-state index in [0.717, 1.165) is 25.7 Å². The minimum absolute atomic E-state index is 0.651. The van der Waals surface area contributed by atoms with Crippen molar-refractivity contribution in [3.05, 3.63) is 22.8 Å². The van der Waals surface area contributed by atoms with E-state index in [-0.39, 0.29) is 0 Å². The maximum atomic E-state index is 6.50. The van der Waals surface area contributed by atoms with Crippen LogP contribution < -0.4 is 0 Å². The molecule has 0 fully saturated rings. The molecular formula is C9H13N3. The Balaban J connectivity index is 0. The molecule has 0 aromatic rings. The maximum absolute atomic E-state index is 6.50. The molecule has 0 saturated heterocycles. The van der Waals surface area contributed by atoms with E-state index >= 15 is 0 Å². The zero-order chi connectivity index (χ0) is 9.66. The van der Waals surface area contributed by atoms with Crippen molar-refractivity contribution in [2.75, 3.05) is 13.1 Å². The fraction of sp³-hybridized carbons (Fsp3) is 0.667. The molecule has 0 rings (SSSR count). The predicted octanol–water partition coefficient (Wildman–Crippen LogP) is 2.53. The third kappa shape index (κ3) is 15.8. The number of hydrogen-bond donors (Lipinski definition) is 0. The summed E-state index contributed by atoms with van der Waals surface area (Å²) in [7, 11) is 0. The molecule has 0 aliphatic carbocycles. The molecule has 0 aromatic carbocycles. The highest BCUT2D eigenvalue weighted by atomic mass is 14.6. The fourth-order valence-corrected chi connectivity index (χ4v) is 0.735. The number of nitriles is 1. The summed E-state index contributed by atoms with van der Waals surface area (Å²) in [5.74, 6) is 0. The van der Waals surface area contributed by atoms with Gasteiger partial charge < -0.3 is 9.69 Å². The van der Waals surface area contributed by atoms with E-state index in [1.165, 1.54) is 0 Å². The Morgan fingerprint density at radius 3 is 1.42 bits per heavy atom. The molecule has 64 valence electrons. The summed E-state index contributed by atoms with van der Waals surface area (Å²) in [6, 6.07) is 0. The van der Waals surface area contributed by atoms with Crippen molar-refractivity contribution >= 4 is 0 Å². The molecule has 0 radical (unpaired) electrons. The first-order chi connectivity index (χ1) is 5.91. The summed E-state index contributed by atoms with van der Waals surface area (Å²) in [4.78, 5) is 6.49. The lowest BCUT2D eigenvalue weighted by atomic mass is 10.2. The summed E-state index contributed by atoms with van der Waals surface area (Å²) >= 11 is 0. The number of nitrogens with zero attached hydrogens (tertiary/aromatic N) is 3. The highest BCUT2D eigenvalue weighted by Crippen LogP contribution is 1.99. The van der Waals surface area contributed by atoms with Crippen LogP contribution in [0.15, 0.2) is 0 Å². The van der Waals surface area contributed by atoms with Crippen LogP contribution in [0.1, 0.15) is 25.7 Å². The van der Waals surface area contributed by atoms with Crippen LogP contribution in [0.25, 0.3) is 9.69 Å². The zero-order valence-electron chi connectivity index (χ0n) is 7.16. The second-order valence-corrected chi connectivity index (χ2v) is 2.18. The van der Waals surface area contributed by atoms with Crippen LogP contribution in [0.2, 0.25) is 0 Å². The Bertz CT molecular complexity index is 152. The topological polar surface area (TPSA) is 32.5 Å². The predicted molar refractivity (Wildman–Crippen MR) is 48.1 cm³/mol. The Hall–Kier alpha value is -1.53. The molecule has 0 bridgehead atoms. The van der Waals surface area contributed by atoms with E-state index in [9.17, 15) is 0 Å². The molecule has 0 aliphatic heterocycles. The fourth-order valence-electron chi connectivity index (χ4n) is 0.735. The molecule has 0 spiro atoms. The molecule has 3 heteroatoms. The molecular weight excluding hydrogens is 150 g/mol. The first-order valence-corrected chi connectivity index (χ1v) is 3.84. The molecule has 0 saturated carbocycles. The van der Waals surface area contributed by atoms with Crippen LogP contribution in [0, 0.1) is 25.0 Å². The van der Waals surface area contributed by atoms with Crippen molar-refractivity contribution in [3.63, 3.8) is 0 Å². The van der Waals surface area contributed by atoms with Gasteiger partial charge in [-0.3, -0.25) is 0 Å². The van der Waals surface area contributed by atoms with Crippen molar-refractivity contribution in [1.29, 1.82) is 5.26 Å². The second-order valence-electron chi connectivity index (χ2n) is 2.18. The average molecular weight is 163 g/mol. The average Bonchev–Trinajstić information content (AvgIpc) is 2.15. The Morgan fingerprint density at radius 1 is 0.833 bits per heavy atom. The number of unbranched alkanes of at least 4 members (excludes halogenated alkanes) is 3. The lowest BCUT2D eigenvalue weighted by molar-refractivity contribution is 0.685. The quantitative estimate of drug-likeness (QED) is 0.452. The van der Waals surface area contributed by atoms with E-state index in [4.69, 9.17) is 18.4 Å². The lowest BCUT2D eigenvalue weighted by Gasteiger charge is -1.89. The second kappa shape index (κ2) is 16.2. The van der Waals surface area contributed by atoms with Crippen molar-refractivity contribution < 1.29 is 0 Å². The standard InChI is InChI=1S/C8H12N2.CHN/c1-9-7-5-3-4-6-8-10-2;1-2/h3-8H2;1H. The third-order valence-corrected chi connectivity index (χ3v) is 1.29. The normalized spacial score (nSPS) is 7.00. The van der Waals surface area contributed by atoms with Gasteiger partial charge >= 0.3 is 0 Å². The van der Waals surface area contributed by atoms with Crippen LogP contribution in [0.3, 0.4) is 0 Å². The molecule has 0 aromatic heterocycles. The third-order valence-electron chi connectivity index (χ3n) is 1.29. The van der Waals surface area contributed by atoms with Crippen LogP contribution in [0.5, 0.6) is 0 Å². The van der Waals surface area contributed by atoms with Gasteiger partial charge in [-0.2, -0.15) is 0 Å². The van der Waals surface area contributed by atoms with Crippen LogP contribution >= 0.6 is 0 Å². The molecule has 0 amide bonds. The van der Waals surface area contributed by atoms with Gasteiger partial charge in [0.2, 0.25) is 13.1 Å². The summed E-state index contributed by atoms with van der Waals surface area (Å²) in [6.07, 6.45) is 4.22. The molecule has 0 N–H and O–H groups in total. The van der Waals surface area contributed by atoms with Crippen molar-refractivity contribution in [2.24, 2.45) is 0 Å². The van der Waals surface area contributed by atoms with E-state index in [0.29, 0.717) is 13.1 Å². The van der Waals surface area contributed by atoms with Gasteiger partial charge in [0.05, 0.1) is 0 Å². The van der Waals surface area contributed by atoms with Crippen molar-refractivity contribution in [2.45, 2.75) is 25.7 Å². The van der Waals surface area contributed by atoms with Crippen LogP contribution in [0.4, 0.5) is 0 Å². The van der Waals surface area contributed by atoms with E-state index in [2.05, 4.69) is 16.3 Å². The first kappa shape index (κ1) is 13.1. The monoisotopic (exact) mass is 163 g/mol. The highest BCUT2D eigenvalue weighted by molar-refractivity contribution is 4.61. The Labute approximate surface area is 74.3 Å². The van der Waals surface area contributed by atoms with Gasteiger partial charge in [0.25, 0.3) is 0 Å². The minimum Gasteiger partial charge on any atom is -0.317 e. The van der Waals surface area contributed by atoms with Gasteiger partial charge in [0, 0.05) is 19.4 Å². The van der Waals surface area contributed by atoms with E-state index < -0.39 is 0 Å². The molecule has 3 nitrogen and oxygen atoms in total. The van der Waals surface area contributed by atoms with Gasteiger partial charge in [-0.05, 0) is 12.8 Å². The van der Waals surface area contributed by atoms with Gasteiger partial charge in [-0.1, -0.05) is 0 Å². The SMILES string of the molecule is C#N.[C-]#[N+]CCCCCC[N+]#[C-]. The summed E-state index contributed by atoms with van der Waals surface area (Å²) in [5.41, 5.74) is 0. The maximum Gasteiger partial charge on any atom is 0.214 e. The summed E-state index contributed by atoms with van der Waals surface area (Å²) in [5, 5.41) is 6.50. The van der Waals surface area contributed by atoms with Crippen LogP contribution in [-0.4, -0.2) is 13.1 Å². The zero-order valence-corrected chi connectivity index (χ0v) is 7.16. The minimum atomic E-state index is 0.651. The summed E-state index contributed by atoms with van der Waals surface area (Å²) in [6.45, 7) is 17.8. The number of rotatable bonds is 5. The molecule has 0 unspecified atom stereocenters. The molecule has 0 heterocycles. The lowest BCUT2D eigenvalue weighted by Crippen LogP contribution is -1.81. The molecule has 0 atom stereocenters. The van der Waals surface area contributed by atoms with Gasteiger partial charge in [-0.15, -0.1) is 0 Å². The van der Waals surface area contributed by atoms with E-state index in [1.54, 1.807) is 0 Å². The smallest absolute Gasteiger partial charge is 0.214 e. The molecule has 0 aliphatic rings. The Kier molecular flexibility index (Phi) is 17.7. The number of hydrogen-bond acceptors (Lipinski definition) is 1. The molecule has 12 heavy (non-hydrogen) atoms. The van der Waals surface area contributed by atoms with Gasteiger partial charge in [-0.25, -0.2) is 18.4 Å². The Morgan fingerprint density at radius 2 is 1.17 bits per heavy atom.